The number of furan rings is 1. The van der Waals surface area contributed by atoms with Crippen LogP contribution in [0.5, 0.6) is 0 Å². The van der Waals surface area contributed by atoms with Gasteiger partial charge < -0.3 is 14.6 Å². The summed E-state index contributed by atoms with van der Waals surface area (Å²) >= 11 is 0. The molecule has 0 radical (unpaired) electrons. The fourth-order valence-corrected chi connectivity index (χ4v) is 5.29. The zero-order chi connectivity index (χ0) is 19.1. The summed E-state index contributed by atoms with van der Waals surface area (Å²) in [7, 11) is -3.58. The van der Waals surface area contributed by atoms with Crippen LogP contribution in [0.15, 0.2) is 45.7 Å². The van der Waals surface area contributed by atoms with Gasteiger partial charge in [0.25, 0.3) is 5.91 Å². The second-order valence-corrected chi connectivity index (χ2v) is 8.77. The minimum absolute atomic E-state index is 0.147. The van der Waals surface area contributed by atoms with Gasteiger partial charge in [-0.2, -0.15) is 4.72 Å². The summed E-state index contributed by atoms with van der Waals surface area (Å²) in [5.41, 5.74) is -0.160. The Balaban J connectivity index is 1.48. The van der Waals surface area contributed by atoms with Crippen LogP contribution in [0.2, 0.25) is 0 Å². The highest BCUT2D eigenvalue weighted by molar-refractivity contribution is 7.89. The number of hydrogen-bond acceptors (Lipinski definition) is 5. The maximum absolute atomic E-state index is 12.7. The number of hydrogen-bond donors (Lipinski definition) is 2. The highest BCUT2D eigenvalue weighted by Gasteiger charge is 2.43. The van der Waals surface area contributed by atoms with Crippen LogP contribution >= 0.6 is 0 Å². The Morgan fingerprint density at radius 2 is 1.93 bits per heavy atom. The Bertz CT molecular complexity index is 959. The smallest absolute Gasteiger partial charge is 0.289 e. The van der Waals surface area contributed by atoms with E-state index in [1.165, 1.54) is 0 Å². The average molecular weight is 389 g/mol. The Labute approximate surface area is 158 Å². The van der Waals surface area contributed by atoms with Crippen molar-refractivity contribution in [1.29, 1.82) is 0 Å². The Morgan fingerprint density at radius 3 is 2.67 bits per heavy atom. The van der Waals surface area contributed by atoms with Crippen molar-refractivity contribution >= 4 is 21.6 Å². The number of nitrogens with zero attached hydrogens (tertiary/aromatic N) is 1. The monoisotopic (exact) mass is 389 g/mol. The third-order valence-electron chi connectivity index (χ3n) is 5.15. The van der Waals surface area contributed by atoms with Crippen LogP contribution < -0.4 is 10.0 Å². The van der Waals surface area contributed by atoms with Crippen molar-refractivity contribution in [2.24, 2.45) is 0 Å². The molecule has 1 aromatic heterocycles. The van der Waals surface area contributed by atoms with Crippen LogP contribution in [0.3, 0.4) is 0 Å². The number of piperidine rings is 1. The minimum Gasteiger partial charge on any atom is -0.456 e. The molecule has 0 saturated carbocycles. The van der Waals surface area contributed by atoms with Gasteiger partial charge in [-0.25, -0.2) is 8.42 Å². The molecule has 0 bridgehead atoms. The van der Waals surface area contributed by atoms with Gasteiger partial charge in [0.2, 0.25) is 10.0 Å². The lowest BCUT2D eigenvalue weighted by atomic mass is 9.97. The van der Waals surface area contributed by atoms with E-state index in [9.17, 15) is 13.2 Å². The number of nitrogens with one attached hydrogen (secondary N) is 2. The molecule has 0 unspecified atom stereocenters. The lowest BCUT2D eigenvalue weighted by Gasteiger charge is -2.45. The van der Waals surface area contributed by atoms with Crippen molar-refractivity contribution < 1.29 is 17.6 Å². The first-order chi connectivity index (χ1) is 12.9. The van der Waals surface area contributed by atoms with Crippen molar-refractivity contribution in [3.8, 4) is 0 Å². The van der Waals surface area contributed by atoms with Gasteiger partial charge >= 0.3 is 0 Å². The maximum atomic E-state index is 12.7. The molecule has 2 aliphatic heterocycles. The molecule has 1 spiro atoms. The van der Waals surface area contributed by atoms with E-state index in [0.717, 1.165) is 18.6 Å². The molecular formula is C19H23N3O4S. The molecule has 2 aliphatic rings. The molecule has 1 amide bonds. The summed E-state index contributed by atoms with van der Waals surface area (Å²) in [6, 6.07) is 10.4. The summed E-state index contributed by atoms with van der Waals surface area (Å²) in [4.78, 5) is 14.7. The second-order valence-electron chi connectivity index (χ2n) is 7.12. The number of carbonyl (C=O) groups is 1. The van der Waals surface area contributed by atoms with Crippen molar-refractivity contribution in [2.75, 3.05) is 18.4 Å². The van der Waals surface area contributed by atoms with Crippen LogP contribution in [0, 0.1) is 0 Å². The van der Waals surface area contributed by atoms with Gasteiger partial charge in [-0.05, 0) is 30.7 Å². The molecule has 8 heteroatoms. The van der Waals surface area contributed by atoms with E-state index in [0.29, 0.717) is 37.4 Å². The second kappa shape index (κ2) is 6.69. The fourth-order valence-electron chi connectivity index (χ4n) is 3.75. The van der Waals surface area contributed by atoms with Gasteiger partial charge in [0, 0.05) is 32.4 Å². The zero-order valence-corrected chi connectivity index (χ0v) is 16.0. The van der Waals surface area contributed by atoms with Gasteiger partial charge in [-0.15, -0.1) is 0 Å². The SMILES string of the molecule is CCCc1ccc(C(=O)N2CCC3(CC2)Nc2ccccc2S(=O)(=O)N3)o1. The van der Waals surface area contributed by atoms with Gasteiger partial charge in [0.1, 0.15) is 16.3 Å². The summed E-state index contributed by atoms with van der Waals surface area (Å²) in [5, 5.41) is 3.34. The van der Waals surface area contributed by atoms with Crippen LogP contribution in [-0.2, 0) is 16.4 Å². The molecule has 4 rings (SSSR count). The third-order valence-corrected chi connectivity index (χ3v) is 6.75. The number of carbonyl (C=O) groups excluding carboxylic acids is 1. The van der Waals surface area contributed by atoms with Crippen molar-refractivity contribution in [1.82, 2.24) is 9.62 Å². The van der Waals surface area contributed by atoms with Gasteiger partial charge in [0.15, 0.2) is 5.76 Å². The van der Waals surface area contributed by atoms with Gasteiger partial charge in [-0.3, -0.25) is 4.79 Å². The molecule has 1 fully saturated rings. The van der Waals surface area contributed by atoms with Crippen LogP contribution in [0.4, 0.5) is 5.69 Å². The number of benzene rings is 1. The van der Waals surface area contributed by atoms with E-state index in [-0.39, 0.29) is 10.8 Å². The van der Waals surface area contributed by atoms with E-state index in [4.69, 9.17) is 4.42 Å². The van der Waals surface area contributed by atoms with Crippen molar-refractivity contribution in [3.05, 3.63) is 47.9 Å². The van der Waals surface area contributed by atoms with E-state index in [1.807, 2.05) is 12.1 Å². The topological polar surface area (TPSA) is 91.7 Å². The van der Waals surface area contributed by atoms with Crippen LogP contribution in [0.1, 0.15) is 42.5 Å². The number of likely N-dealkylation sites (tertiary alicyclic amines) is 1. The first-order valence-corrected chi connectivity index (χ1v) is 10.7. The lowest BCUT2D eigenvalue weighted by molar-refractivity contribution is 0.0642. The summed E-state index contributed by atoms with van der Waals surface area (Å²) in [6.07, 6.45) is 2.73. The highest BCUT2D eigenvalue weighted by atomic mass is 32.2. The van der Waals surface area contributed by atoms with Crippen molar-refractivity contribution in [2.45, 2.75) is 43.2 Å². The van der Waals surface area contributed by atoms with E-state index in [1.54, 1.807) is 29.2 Å². The number of fused-ring (bicyclic) bond motifs is 1. The molecule has 2 N–H and O–H groups in total. The molecule has 1 saturated heterocycles. The van der Waals surface area contributed by atoms with Crippen molar-refractivity contribution in [3.63, 3.8) is 0 Å². The quantitative estimate of drug-likeness (QED) is 0.842. The predicted molar refractivity (Wildman–Crippen MR) is 101 cm³/mol. The Hall–Kier alpha value is -2.32. The summed E-state index contributed by atoms with van der Waals surface area (Å²) < 4.78 is 33.6. The standard InChI is InChI=1S/C19H23N3O4S/c1-2-5-14-8-9-16(26-14)18(23)22-12-10-19(11-13-22)20-15-6-3-4-7-17(15)27(24,25)21-19/h3-4,6-9,20-21H,2,5,10-13H2,1H3. The van der Waals surface area contributed by atoms with E-state index in [2.05, 4.69) is 17.0 Å². The third kappa shape index (κ3) is 3.35. The largest absolute Gasteiger partial charge is 0.456 e. The predicted octanol–water partition coefficient (Wildman–Crippen LogP) is 2.57. The minimum atomic E-state index is -3.58. The number of para-hydroxylation sites is 1. The van der Waals surface area contributed by atoms with Gasteiger partial charge in [0.05, 0.1) is 5.69 Å². The molecule has 0 atom stereocenters. The molecule has 2 aromatic rings. The fraction of sp³-hybridized carbons (Fsp3) is 0.421. The molecule has 27 heavy (non-hydrogen) atoms. The number of anilines is 1. The Kier molecular flexibility index (Phi) is 4.47. The lowest BCUT2D eigenvalue weighted by Crippen LogP contribution is -2.62. The van der Waals surface area contributed by atoms with Crippen LogP contribution in [-0.4, -0.2) is 38.0 Å². The highest BCUT2D eigenvalue weighted by Crippen LogP contribution is 2.35. The summed E-state index contributed by atoms with van der Waals surface area (Å²) in [6.45, 7) is 2.95. The maximum Gasteiger partial charge on any atom is 0.289 e. The molecule has 7 nitrogen and oxygen atoms in total. The Morgan fingerprint density at radius 1 is 1.19 bits per heavy atom. The molecule has 3 heterocycles. The number of amides is 1. The van der Waals surface area contributed by atoms with Gasteiger partial charge in [-0.1, -0.05) is 19.1 Å². The average Bonchev–Trinajstić information content (AvgIpc) is 3.10. The van der Waals surface area contributed by atoms with E-state index >= 15 is 0 Å². The van der Waals surface area contributed by atoms with E-state index < -0.39 is 15.7 Å². The number of sulfonamides is 1. The number of rotatable bonds is 3. The zero-order valence-electron chi connectivity index (χ0n) is 15.2. The first-order valence-electron chi connectivity index (χ1n) is 9.22. The molecule has 0 aliphatic carbocycles. The molecule has 144 valence electrons. The van der Waals surface area contributed by atoms with Crippen LogP contribution in [0.25, 0.3) is 0 Å². The molecular weight excluding hydrogens is 366 g/mol. The number of aryl methyl sites for hydroxylation is 1. The first kappa shape index (κ1) is 18.1. The normalized spacial score (nSPS) is 20.1. The molecule has 1 aromatic carbocycles. The summed E-state index contributed by atoms with van der Waals surface area (Å²) in [5.74, 6) is 1.01.